The molecule has 0 N–H and O–H groups in total. The molecule has 0 saturated carbocycles. The molecule has 0 aliphatic rings. The number of carbonyl (C=O) groups excluding carboxylic acids is 2. The molecule has 0 heterocycles. The Labute approximate surface area is 221 Å². The smallest absolute Gasteiger partial charge is 0.373 e. The highest BCUT2D eigenvalue weighted by atomic mass is 17.3. The summed E-state index contributed by atoms with van der Waals surface area (Å²) in [6, 6.07) is 14.3. The zero-order chi connectivity index (χ0) is 26.7. The lowest BCUT2D eigenvalue weighted by Crippen LogP contribution is -2.20. The van der Waals surface area contributed by atoms with E-state index in [2.05, 4.69) is 20.8 Å². The van der Waals surface area contributed by atoms with Crippen LogP contribution in [0.4, 0.5) is 0 Å². The van der Waals surface area contributed by atoms with Crippen LogP contribution >= 0.6 is 0 Å². The van der Waals surface area contributed by atoms with Crippen LogP contribution in [0.5, 0.6) is 0 Å². The molecule has 0 bridgehead atoms. The summed E-state index contributed by atoms with van der Waals surface area (Å²) in [4.78, 5) is 44.4. The lowest BCUT2D eigenvalue weighted by atomic mass is 10.0. The zero-order valence-corrected chi connectivity index (χ0v) is 22.2. The van der Waals surface area contributed by atoms with E-state index >= 15 is 0 Å². The minimum Gasteiger partial charge on any atom is -0.375 e. The molecule has 0 aliphatic carbocycles. The van der Waals surface area contributed by atoms with E-state index in [4.69, 9.17) is 24.3 Å². The first kappa shape index (κ1) is 30.5. The highest BCUT2D eigenvalue weighted by molar-refractivity contribution is 5.89. The van der Waals surface area contributed by atoms with Gasteiger partial charge in [-0.1, -0.05) is 76.6 Å². The fourth-order valence-corrected chi connectivity index (χ4v) is 3.61. The van der Waals surface area contributed by atoms with Crippen molar-refractivity contribution in [3.05, 3.63) is 84.0 Å². The van der Waals surface area contributed by atoms with Gasteiger partial charge in [0.25, 0.3) is 0 Å². The molecule has 7 heteroatoms. The summed E-state index contributed by atoms with van der Waals surface area (Å²) in [5.74, 6) is -1.43. The highest BCUT2D eigenvalue weighted by Gasteiger charge is 2.22. The zero-order valence-electron chi connectivity index (χ0n) is 22.2. The van der Waals surface area contributed by atoms with Gasteiger partial charge in [-0.3, -0.25) is 9.78 Å². The van der Waals surface area contributed by atoms with Crippen LogP contribution in [0.15, 0.2) is 48.5 Å². The fraction of sp³-hybridized carbons (Fsp3) is 0.467. The number of benzene rings is 2. The molecule has 37 heavy (non-hydrogen) atoms. The third-order valence-electron chi connectivity index (χ3n) is 5.80. The largest absolute Gasteiger partial charge is 0.375 e. The standard InChI is InChI=1S/C30H40O7/c1-4-7-9-11-13-24-15-19-26(20-16-24)29(31)36-34-28(23-33-6-3)35-37-30(32)27-21-17-25(18-22-27)14-12-10-8-5-2/h15-22H,3-14,23H2,1-2H3. The summed E-state index contributed by atoms with van der Waals surface area (Å²) in [5, 5.41) is 0. The molecule has 2 radical (unpaired) electrons. The van der Waals surface area contributed by atoms with E-state index in [9.17, 15) is 9.59 Å². The maximum Gasteiger partial charge on any atom is 0.373 e. The lowest BCUT2D eigenvalue weighted by Gasteiger charge is -2.13. The third kappa shape index (κ3) is 12.4. The van der Waals surface area contributed by atoms with Gasteiger partial charge in [0.1, 0.15) is 6.61 Å². The molecular formula is C30H40O7. The van der Waals surface area contributed by atoms with Gasteiger partial charge in [0.05, 0.1) is 11.1 Å². The van der Waals surface area contributed by atoms with Crippen molar-refractivity contribution in [2.24, 2.45) is 0 Å². The van der Waals surface area contributed by atoms with Crippen molar-refractivity contribution in [3.63, 3.8) is 0 Å². The van der Waals surface area contributed by atoms with Crippen LogP contribution in [-0.2, 0) is 37.1 Å². The van der Waals surface area contributed by atoms with Crippen molar-refractivity contribution in [2.45, 2.75) is 78.1 Å². The Balaban J connectivity index is 1.80. The number of ether oxygens (including phenoxy) is 1. The van der Waals surface area contributed by atoms with Crippen LogP contribution in [0.1, 0.15) is 97.1 Å². The van der Waals surface area contributed by atoms with E-state index in [1.54, 1.807) is 24.3 Å². The second-order valence-electron chi connectivity index (χ2n) is 8.85. The highest BCUT2D eigenvalue weighted by Crippen LogP contribution is 2.15. The summed E-state index contributed by atoms with van der Waals surface area (Å²) in [6.45, 7) is 7.79. The van der Waals surface area contributed by atoms with E-state index < -0.39 is 11.9 Å². The van der Waals surface area contributed by atoms with Crippen molar-refractivity contribution in [3.8, 4) is 0 Å². The molecule has 0 atom stereocenters. The molecule has 0 amide bonds. The normalized spacial score (nSPS) is 11.0. The summed E-state index contributed by atoms with van der Waals surface area (Å²) < 4.78 is 5.13. The van der Waals surface area contributed by atoms with Crippen LogP contribution in [0.2, 0.25) is 0 Å². The molecule has 0 fully saturated rings. The maximum absolute atomic E-state index is 12.4. The van der Waals surface area contributed by atoms with Gasteiger partial charge < -0.3 is 4.74 Å². The van der Waals surface area contributed by atoms with Gasteiger partial charge in [-0.25, -0.2) is 9.59 Å². The van der Waals surface area contributed by atoms with Crippen molar-refractivity contribution in [1.29, 1.82) is 0 Å². The number of carbonyl (C=O) groups is 2. The second-order valence-corrected chi connectivity index (χ2v) is 8.85. The SMILES string of the molecule is [CH2]COC[C](OOC(=O)c1ccc(CCCCCC)cc1)OOC(=O)c1ccc(CCCCCC)cc1. The van der Waals surface area contributed by atoms with Crippen molar-refractivity contribution >= 4 is 11.9 Å². The number of aryl methyl sites for hydroxylation is 2. The quantitative estimate of drug-likeness (QED) is 0.112. The van der Waals surface area contributed by atoms with Gasteiger partial charge in [0, 0.05) is 6.61 Å². The minimum atomic E-state index is -0.714. The molecule has 0 spiro atoms. The molecule has 0 unspecified atom stereocenters. The van der Waals surface area contributed by atoms with E-state index in [1.165, 1.54) is 38.5 Å². The van der Waals surface area contributed by atoms with Crippen LogP contribution in [-0.4, -0.2) is 25.2 Å². The Hall–Kier alpha value is -2.74. The van der Waals surface area contributed by atoms with Crippen molar-refractivity contribution in [1.82, 2.24) is 0 Å². The van der Waals surface area contributed by atoms with E-state index in [-0.39, 0.29) is 19.5 Å². The first-order chi connectivity index (χ1) is 18.1. The summed E-state index contributed by atoms with van der Waals surface area (Å²) in [5.41, 5.74) is 2.96. The van der Waals surface area contributed by atoms with Gasteiger partial charge in [-0.15, -0.1) is 9.78 Å². The van der Waals surface area contributed by atoms with Gasteiger partial charge in [0.2, 0.25) is 0 Å². The Morgan fingerprint density at radius 2 is 1.05 bits per heavy atom. The molecule has 2 aromatic rings. The number of hydrogen-bond acceptors (Lipinski definition) is 7. The molecule has 0 saturated heterocycles. The molecule has 0 aliphatic heterocycles. The van der Waals surface area contributed by atoms with Crippen LogP contribution in [0.25, 0.3) is 0 Å². The number of unbranched alkanes of at least 4 members (excludes halogenated alkanes) is 6. The van der Waals surface area contributed by atoms with Crippen LogP contribution in [0, 0.1) is 13.2 Å². The average Bonchev–Trinajstić information content (AvgIpc) is 2.93. The Kier molecular flexibility index (Phi) is 15.2. The predicted molar refractivity (Wildman–Crippen MR) is 141 cm³/mol. The first-order valence-electron chi connectivity index (χ1n) is 13.3. The molecule has 2 aromatic carbocycles. The van der Waals surface area contributed by atoms with Gasteiger partial charge in [0.15, 0.2) is 0 Å². The summed E-state index contributed by atoms with van der Waals surface area (Å²) in [6.07, 6.45) is 11.0. The minimum absolute atomic E-state index is 0.109. The Morgan fingerprint density at radius 1 is 0.622 bits per heavy atom. The Bertz CT molecular complexity index is 822. The van der Waals surface area contributed by atoms with Crippen molar-refractivity contribution < 1.29 is 33.9 Å². The van der Waals surface area contributed by atoms with Gasteiger partial charge in [-0.2, -0.15) is 0 Å². The molecule has 0 aromatic heterocycles. The van der Waals surface area contributed by atoms with Crippen LogP contribution < -0.4 is 0 Å². The fourth-order valence-electron chi connectivity index (χ4n) is 3.61. The monoisotopic (exact) mass is 512 g/mol. The Morgan fingerprint density at radius 3 is 1.43 bits per heavy atom. The number of rotatable bonds is 19. The lowest BCUT2D eigenvalue weighted by molar-refractivity contribution is -0.368. The average molecular weight is 513 g/mol. The van der Waals surface area contributed by atoms with Crippen molar-refractivity contribution in [2.75, 3.05) is 13.2 Å². The number of hydrogen-bond donors (Lipinski definition) is 0. The van der Waals surface area contributed by atoms with E-state index in [0.29, 0.717) is 11.1 Å². The molecular weight excluding hydrogens is 472 g/mol. The van der Waals surface area contributed by atoms with E-state index in [1.807, 2.05) is 24.3 Å². The molecule has 2 rings (SSSR count). The van der Waals surface area contributed by atoms with Crippen LogP contribution in [0.3, 0.4) is 0 Å². The predicted octanol–water partition coefficient (Wildman–Crippen LogP) is 7.15. The molecule has 202 valence electrons. The topological polar surface area (TPSA) is 80.3 Å². The summed E-state index contributed by atoms with van der Waals surface area (Å²) >= 11 is 0. The maximum atomic E-state index is 12.4. The van der Waals surface area contributed by atoms with E-state index in [0.717, 1.165) is 36.8 Å². The van der Waals surface area contributed by atoms with Gasteiger partial charge >= 0.3 is 18.2 Å². The first-order valence-corrected chi connectivity index (χ1v) is 13.3. The summed E-state index contributed by atoms with van der Waals surface area (Å²) in [7, 11) is 0. The second kappa shape index (κ2) is 18.5. The van der Waals surface area contributed by atoms with Gasteiger partial charge in [-0.05, 0) is 68.0 Å². The molecule has 7 nitrogen and oxygen atoms in total. The third-order valence-corrected chi connectivity index (χ3v) is 5.80.